The van der Waals surface area contributed by atoms with E-state index >= 15 is 0 Å². The van der Waals surface area contributed by atoms with Crippen LogP contribution < -0.4 is 5.32 Å². The molecule has 0 radical (unpaired) electrons. The molecule has 1 aromatic rings. The summed E-state index contributed by atoms with van der Waals surface area (Å²) in [7, 11) is -1.19. The van der Waals surface area contributed by atoms with Crippen LogP contribution >= 0.6 is 11.8 Å². The molecular formula is C18H30N2OSSi. The van der Waals surface area contributed by atoms with Crippen molar-refractivity contribution in [3.05, 3.63) is 35.4 Å². The van der Waals surface area contributed by atoms with E-state index in [1.54, 1.807) is 11.8 Å². The molecular weight excluding hydrogens is 320 g/mol. The van der Waals surface area contributed by atoms with E-state index in [-0.39, 0.29) is 11.9 Å². The Morgan fingerprint density at radius 1 is 1.26 bits per heavy atom. The van der Waals surface area contributed by atoms with E-state index in [4.69, 9.17) is 4.99 Å². The maximum atomic E-state index is 11.5. The zero-order valence-electron chi connectivity index (χ0n) is 15.3. The van der Waals surface area contributed by atoms with Crippen LogP contribution in [0.25, 0.3) is 0 Å². The maximum absolute atomic E-state index is 11.5. The Kier molecular flexibility index (Phi) is 8.06. The molecule has 1 amide bonds. The highest BCUT2D eigenvalue weighted by molar-refractivity contribution is 8.13. The quantitative estimate of drug-likeness (QED) is 0.442. The number of carbonyl (C=O) groups is 1. The number of hydrogen-bond donors (Lipinski definition) is 1. The number of nitrogens with one attached hydrogen (secondary N) is 1. The topological polar surface area (TPSA) is 41.5 Å². The van der Waals surface area contributed by atoms with Gasteiger partial charge in [0.2, 0.25) is 5.91 Å². The van der Waals surface area contributed by atoms with Crippen molar-refractivity contribution in [3.8, 4) is 0 Å². The molecule has 1 rings (SSSR count). The lowest BCUT2D eigenvalue weighted by Gasteiger charge is -2.18. The van der Waals surface area contributed by atoms with Gasteiger partial charge in [0.05, 0.1) is 19.2 Å². The average Bonchev–Trinajstić information content (AvgIpc) is 2.55. The van der Waals surface area contributed by atoms with Crippen molar-refractivity contribution in [3.63, 3.8) is 0 Å². The van der Waals surface area contributed by atoms with Crippen molar-refractivity contribution in [2.75, 3.05) is 12.4 Å². The van der Waals surface area contributed by atoms with Gasteiger partial charge in [0.15, 0.2) is 0 Å². The lowest BCUT2D eigenvalue weighted by atomic mass is 10.1. The van der Waals surface area contributed by atoms with Gasteiger partial charge < -0.3 is 5.32 Å². The molecule has 5 heteroatoms. The van der Waals surface area contributed by atoms with Crippen LogP contribution in [0, 0.1) is 0 Å². The summed E-state index contributed by atoms with van der Waals surface area (Å²) in [4.78, 5) is 16.4. The molecule has 0 aliphatic heterocycles. The number of nitrogens with zero attached hydrogens (tertiary/aromatic N) is 1. The van der Waals surface area contributed by atoms with E-state index in [9.17, 15) is 4.79 Å². The Hall–Kier alpha value is -1.07. The van der Waals surface area contributed by atoms with E-state index in [2.05, 4.69) is 55.9 Å². The minimum Gasteiger partial charge on any atom is -0.350 e. The summed E-state index contributed by atoms with van der Waals surface area (Å²) in [6.45, 7) is 10.9. The van der Waals surface area contributed by atoms with Crippen LogP contribution in [0.2, 0.25) is 19.1 Å². The van der Waals surface area contributed by atoms with Gasteiger partial charge in [-0.1, -0.05) is 57.3 Å². The Morgan fingerprint density at radius 2 is 1.87 bits per heavy atom. The molecule has 1 unspecified atom stereocenters. The second kappa shape index (κ2) is 9.28. The van der Waals surface area contributed by atoms with Gasteiger partial charge in [0.25, 0.3) is 0 Å². The highest BCUT2D eigenvalue weighted by Crippen LogP contribution is 2.18. The van der Waals surface area contributed by atoms with E-state index in [0.717, 1.165) is 22.3 Å². The highest BCUT2D eigenvalue weighted by Gasteiger charge is 2.17. The van der Waals surface area contributed by atoms with Gasteiger partial charge in [-0.25, -0.2) is 0 Å². The molecule has 1 aromatic carbocycles. The molecule has 3 nitrogen and oxygen atoms in total. The maximum Gasteiger partial charge on any atom is 0.220 e. The molecule has 0 aliphatic carbocycles. The first-order valence-electron chi connectivity index (χ1n) is 8.31. The summed E-state index contributed by atoms with van der Waals surface area (Å²) >= 11 is 1.71. The predicted octanol–water partition coefficient (Wildman–Crippen LogP) is 4.65. The summed E-state index contributed by atoms with van der Waals surface area (Å²) < 4.78 is 0. The van der Waals surface area contributed by atoms with Gasteiger partial charge >= 0.3 is 0 Å². The zero-order chi connectivity index (χ0) is 17.5. The fraction of sp³-hybridized carbons (Fsp3) is 0.556. The van der Waals surface area contributed by atoms with Crippen LogP contribution in [0.4, 0.5) is 0 Å². The number of rotatable bonds is 7. The Balaban J connectivity index is 2.84. The standard InChI is InChI=1S/C18H30N2OSSi/c1-7-17(21)20-14(3)15-9-11-16(12-10-15)18(22-4)19-13-23(5,6)8-2/h9-12,14H,7-8,13H2,1-6H3,(H,20,21). The van der Waals surface area contributed by atoms with Crippen molar-refractivity contribution < 1.29 is 4.79 Å². The van der Waals surface area contributed by atoms with Crippen molar-refractivity contribution in [2.45, 2.75) is 52.4 Å². The number of hydrogen-bond acceptors (Lipinski definition) is 3. The number of amides is 1. The van der Waals surface area contributed by atoms with Crippen LogP contribution in [0.3, 0.4) is 0 Å². The average molecular weight is 351 g/mol. The van der Waals surface area contributed by atoms with E-state index in [0.29, 0.717) is 6.42 Å². The molecule has 0 aromatic heterocycles. The second-order valence-electron chi connectivity index (χ2n) is 6.61. The van der Waals surface area contributed by atoms with Gasteiger partial charge in [-0.2, -0.15) is 0 Å². The number of carbonyl (C=O) groups excluding carboxylic acids is 1. The lowest BCUT2D eigenvalue weighted by molar-refractivity contribution is -0.121. The van der Waals surface area contributed by atoms with Crippen LogP contribution in [0.1, 0.15) is 44.4 Å². The first-order chi connectivity index (χ1) is 10.8. The molecule has 0 spiro atoms. The van der Waals surface area contributed by atoms with Crippen molar-refractivity contribution in [1.82, 2.24) is 5.32 Å². The Morgan fingerprint density at radius 3 is 2.35 bits per heavy atom. The second-order valence-corrected chi connectivity index (χ2v) is 12.8. The normalized spacial score (nSPS) is 13.7. The van der Waals surface area contributed by atoms with E-state index in [1.807, 2.05) is 13.8 Å². The summed E-state index contributed by atoms with van der Waals surface area (Å²) in [6.07, 6.45) is 3.57. The number of aliphatic imine (C=N–C) groups is 1. The molecule has 23 heavy (non-hydrogen) atoms. The molecule has 128 valence electrons. The van der Waals surface area contributed by atoms with Crippen molar-refractivity contribution in [1.29, 1.82) is 0 Å². The van der Waals surface area contributed by atoms with Gasteiger partial charge in [-0.05, 0) is 18.7 Å². The smallest absolute Gasteiger partial charge is 0.220 e. The lowest BCUT2D eigenvalue weighted by Crippen LogP contribution is -2.29. The number of benzene rings is 1. The van der Waals surface area contributed by atoms with Gasteiger partial charge in [-0.15, -0.1) is 11.8 Å². The monoisotopic (exact) mass is 350 g/mol. The molecule has 0 aliphatic rings. The largest absolute Gasteiger partial charge is 0.350 e. The minimum absolute atomic E-state index is 0.0394. The molecule has 1 atom stereocenters. The molecule has 1 N–H and O–H groups in total. The minimum atomic E-state index is -1.19. The predicted molar refractivity (Wildman–Crippen MR) is 106 cm³/mol. The summed E-state index contributed by atoms with van der Waals surface area (Å²) in [6, 6.07) is 9.69. The fourth-order valence-corrected chi connectivity index (χ4v) is 3.50. The van der Waals surface area contributed by atoms with E-state index < -0.39 is 8.07 Å². The summed E-state index contributed by atoms with van der Waals surface area (Å²) in [5.41, 5.74) is 2.29. The molecule has 0 saturated carbocycles. The van der Waals surface area contributed by atoms with Crippen LogP contribution in [0.15, 0.2) is 29.3 Å². The van der Waals surface area contributed by atoms with Gasteiger partial charge in [0.1, 0.15) is 0 Å². The van der Waals surface area contributed by atoms with Gasteiger partial charge in [-0.3, -0.25) is 9.79 Å². The molecule has 0 saturated heterocycles. The Bertz CT molecular complexity index is 540. The third kappa shape index (κ3) is 6.51. The fourth-order valence-electron chi connectivity index (χ4n) is 2.01. The molecule has 0 fully saturated rings. The third-order valence-corrected chi connectivity index (χ3v) is 7.84. The third-order valence-electron chi connectivity index (χ3n) is 4.16. The number of thioether (sulfide) groups is 1. The first-order valence-corrected chi connectivity index (χ1v) is 12.9. The summed E-state index contributed by atoms with van der Waals surface area (Å²) in [5.74, 6) is 0.0831. The van der Waals surface area contributed by atoms with Crippen molar-refractivity contribution in [2.24, 2.45) is 4.99 Å². The zero-order valence-corrected chi connectivity index (χ0v) is 17.1. The molecule has 0 heterocycles. The SMILES string of the molecule is CCC(=O)NC(C)c1ccc(C(=NC[Si](C)(C)CC)SC)cc1. The van der Waals surface area contributed by atoms with Crippen LogP contribution in [-0.4, -0.2) is 31.4 Å². The first kappa shape index (κ1) is 20.0. The van der Waals surface area contributed by atoms with Gasteiger partial charge in [0, 0.05) is 18.2 Å². The van der Waals surface area contributed by atoms with Crippen LogP contribution in [0.5, 0.6) is 0 Å². The van der Waals surface area contributed by atoms with Crippen LogP contribution in [-0.2, 0) is 4.79 Å². The van der Waals surface area contributed by atoms with Crippen molar-refractivity contribution >= 4 is 30.8 Å². The Labute approximate surface area is 146 Å². The highest BCUT2D eigenvalue weighted by atomic mass is 32.2. The van der Waals surface area contributed by atoms with E-state index in [1.165, 1.54) is 6.04 Å². The molecule has 0 bridgehead atoms. The summed E-state index contributed by atoms with van der Waals surface area (Å²) in [5, 5.41) is 4.10.